The predicted octanol–water partition coefficient (Wildman–Crippen LogP) is 0.869. The van der Waals surface area contributed by atoms with Gasteiger partial charge in [0.2, 0.25) is 5.91 Å². The van der Waals surface area contributed by atoms with Gasteiger partial charge in [-0.05, 0) is 37.6 Å². The van der Waals surface area contributed by atoms with Gasteiger partial charge in [0, 0.05) is 44.9 Å². The molecule has 0 radical (unpaired) electrons. The molecule has 0 aliphatic carbocycles. The average molecular weight is 331 g/mol. The number of rotatable bonds is 4. The Morgan fingerprint density at radius 3 is 2.50 bits per heavy atom. The number of carbonyl (C=O) groups is 2. The third-order valence-corrected chi connectivity index (χ3v) is 4.68. The number of hydrogen-bond acceptors (Lipinski definition) is 4. The highest BCUT2D eigenvalue weighted by Crippen LogP contribution is 2.13. The molecule has 0 spiro atoms. The summed E-state index contributed by atoms with van der Waals surface area (Å²) in [7, 11) is 2.07. The van der Waals surface area contributed by atoms with Crippen molar-refractivity contribution >= 4 is 11.8 Å². The topological polar surface area (TPSA) is 61.9 Å². The van der Waals surface area contributed by atoms with Gasteiger partial charge in [0.25, 0.3) is 5.91 Å². The number of benzene rings is 1. The fourth-order valence-corrected chi connectivity index (χ4v) is 3.04. The molecule has 2 fully saturated rings. The number of nitrogens with zero attached hydrogens (tertiary/aromatic N) is 2. The summed E-state index contributed by atoms with van der Waals surface area (Å²) < 4.78 is 5.36. The SMILES string of the molecule is CN1CCN(C(=O)c2ccc(CNC(=O)[C@@H]3CCCO3)cc2)CC1. The number of nitrogens with one attached hydrogen (secondary N) is 1. The second kappa shape index (κ2) is 7.77. The predicted molar refractivity (Wildman–Crippen MR) is 90.7 cm³/mol. The second-order valence-electron chi connectivity index (χ2n) is 6.51. The Morgan fingerprint density at radius 2 is 1.88 bits per heavy atom. The Bertz CT molecular complexity index is 574. The summed E-state index contributed by atoms with van der Waals surface area (Å²) in [5.41, 5.74) is 1.69. The van der Waals surface area contributed by atoms with Crippen molar-refractivity contribution in [1.82, 2.24) is 15.1 Å². The molecule has 3 rings (SSSR count). The van der Waals surface area contributed by atoms with Crippen LogP contribution in [0.5, 0.6) is 0 Å². The van der Waals surface area contributed by atoms with Gasteiger partial charge in [0.05, 0.1) is 0 Å². The summed E-state index contributed by atoms with van der Waals surface area (Å²) in [6, 6.07) is 7.49. The summed E-state index contributed by atoms with van der Waals surface area (Å²) in [5.74, 6) is 0.0307. The van der Waals surface area contributed by atoms with Crippen molar-refractivity contribution in [3.8, 4) is 0 Å². The minimum absolute atomic E-state index is 0.0508. The molecule has 2 aliphatic heterocycles. The standard InChI is InChI=1S/C18H25N3O3/c1-20-8-10-21(11-9-20)18(23)15-6-4-14(5-7-15)13-19-17(22)16-3-2-12-24-16/h4-7,16H,2-3,8-13H2,1H3,(H,19,22)/t16-/m0/s1. The van der Waals surface area contributed by atoms with Crippen molar-refractivity contribution in [2.45, 2.75) is 25.5 Å². The van der Waals surface area contributed by atoms with Crippen molar-refractivity contribution in [3.05, 3.63) is 35.4 Å². The third-order valence-electron chi connectivity index (χ3n) is 4.68. The highest BCUT2D eigenvalue weighted by molar-refractivity contribution is 5.94. The number of carbonyl (C=O) groups excluding carboxylic acids is 2. The van der Waals surface area contributed by atoms with E-state index in [0.29, 0.717) is 18.7 Å². The van der Waals surface area contributed by atoms with Crippen LogP contribution in [-0.2, 0) is 16.1 Å². The molecule has 1 N–H and O–H groups in total. The number of ether oxygens (including phenoxy) is 1. The molecule has 2 aliphatic rings. The first-order valence-corrected chi connectivity index (χ1v) is 8.59. The Hall–Kier alpha value is -1.92. The molecule has 2 amide bonds. The van der Waals surface area contributed by atoms with Crippen molar-refractivity contribution < 1.29 is 14.3 Å². The lowest BCUT2D eigenvalue weighted by Crippen LogP contribution is -2.47. The Labute approximate surface area is 142 Å². The van der Waals surface area contributed by atoms with Gasteiger partial charge in [-0.1, -0.05) is 12.1 Å². The highest BCUT2D eigenvalue weighted by atomic mass is 16.5. The number of amides is 2. The van der Waals surface area contributed by atoms with E-state index in [0.717, 1.165) is 44.6 Å². The fourth-order valence-electron chi connectivity index (χ4n) is 3.04. The highest BCUT2D eigenvalue weighted by Gasteiger charge is 2.23. The van der Waals surface area contributed by atoms with Gasteiger partial charge in [-0.3, -0.25) is 9.59 Å². The quantitative estimate of drug-likeness (QED) is 0.889. The first-order chi connectivity index (χ1) is 11.6. The summed E-state index contributed by atoms with van der Waals surface area (Å²) >= 11 is 0. The van der Waals surface area contributed by atoms with Crippen LogP contribution >= 0.6 is 0 Å². The van der Waals surface area contributed by atoms with E-state index >= 15 is 0 Å². The Balaban J connectivity index is 1.51. The van der Waals surface area contributed by atoms with E-state index in [1.165, 1.54) is 0 Å². The van der Waals surface area contributed by atoms with E-state index in [2.05, 4.69) is 17.3 Å². The number of likely N-dealkylation sites (N-methyl/N-ethyl adjacent to an activating group) is 1. The van der Waals surface area contributed by atoms with Gasteiger partial charge >= 0.3 is 0 Å². The third kappa shape index (κ3) is 4.13. The molecule has 6 nitrogen and oxygen atoms in total. The van der Waals surface area contributed by atoms with Crippen LogP contribution in [0.3, 0.4) is 0 Å². The molecule has 130 valence electrons. The molecule has 6 heteroatoms. The maximum absolute atomic E-state index is 12.5. The van der Waals surface area contributed by atoms with Crippen molar-refractivity contribution in [2.24, 2.45) is 0 Å². The molecule has 1 aromatic carbocycles. The van der Waals surface area contributed by atoms with Crippen LogP contribution in [0.2, 0.25) is 0 Å². The maximum atomic E-state index is 12.5. The lowest BCUT2D eigenvalue weighted by atomic mass is 10.1. The number of piperazine rings is 1. The summed E-state index contributed by atoms with van der Waals surface area (Å²) in [4.78, 5) is 28.5. The van der Waals surface area contributed by atoms with Crippen LogP contribution in [0, 0.1) is 0 Å². The largest absolute Gasteiger partial charge is 0.368 e. The van der Waals surface area contributed by atoms with E-state index in [-0.39, 0.29) is 17.9 Å². The molecule has 2 heterocycles. The van der Waals surface area contributed by atoms with E-state index in [4.69, 9.17) is 4.74 Å². The van der Waals surface area contributed by atoms with Gasteiger partial charge in [0.15, 0.2) is 0 Å². The minimum Gasteiger partial charge on any atom is -0.368 e. The molecule has 0 bridgehead atoms. The Morgan fingerprint density at radius 1 is 1.17 bits per heavy atom. The van der Waals surface area contributed by atoms with E-state index < -0.39 is 0 Å². The van der Waals surface area contributed by atoms with Gasteiger partial charge in [-0.2, -0.15) is 0 Å². The summed E-state index contributed by atoms with van der Waals surface area (Å²) in [6.45, 7) is 4.50. The lowest BCUT2D eigenvalue weighted by molar-refractivity contribution is -0.130. The smallest absolute Gasteiger partial charge is 0.253 e. The van der Waals surface area contributed by atoms with Crippen LogP contribution in [0.15, 0.2) is 24.3 Å². The van der Waals surface area contributed by atoms with E-state index in [1.807, 2.05) is 29.2 Å². The van der Waals surface area contributed by atoms with Crippen LogP contribution in [0.1, 0.15) is 28.8 Å². The zero-order valence-electron chi connectivity index (χ0n) is 14.2. The lowest BCUT2D eigenvalue weighted by Gasteiger charge is -2.32. The van der Waals surface area contributed by atoms with Crippen molar-refractivity contribution in [3.63, 3.8) is 0 Å². The molecule has 2 saturated heterocycles. The molecule has 0 aromatic heterocycles. The van der Waals surface area contributed by atoms with E-state index in [1.54, 1.807) is 0 Å². The van der Waals surface area contributed by atoms with E-state index in [9.17, 15) is 9.59 Å². The summed E-state index contributed by atoms with van der Waals surface area (Å²) in [6.07, 6.45) is 1.44. The fraction of sp³-hybridized carbons (Fsp3) is 0.556. The van der Waals surface area contributed by atoms with Crippen molar-refractivity contribution in [1.29, 1.82) is 0 Å². The van der Waals surface area contributed by atoms with Crippen molar-refractivity contribution in [2.75, 3.05) is 39.8 Å². The molecule has 1 atom stereocenters. The first kappa shape index (κ1) is 16.9. The van der Waals surface area contributed by atoms with Gasteiger partial charge in [0.1, 0.15) is 6.10 Å². The molecule has 0 saturated carbocycles. The monoisotopic (exact) mass is 331 g/mol. The van der Waals surface area contributed by atoms with Crippen LogP contribution in [0.4, 0.5) is 0 Å². The average Bonchev–Trinajstić information content (AvgIpc) is 3.15. The molecular weight excluding hydrogens is 306 g/mol. The zero-order valence-corrected chi connectivity index (χ0v) is 14.2. The van der Waals surface area contributed by atoms with Crippen LogP contribution in [0.25, 0.3) is 0 Å². The number of hydrogen-bond donors (Lipinski definition) is 1. The Kier molecular flexibility index (Phi) is 5.48. The second-order valence-corrected chi connectivity index (χ2v) is 6.51. The molecule has 0 unspecified atom stereocenters. The van der Waals surface area contributed by atoms with Gasteiger partial charge in [-0.25, -0.2) is 0 Å². The van der Waals surface area contributed by atoms with Gasteiger partial charge < -0.3 is 19.9 Å². The first-order valence-electron chi connectivity index (χ1n) is 8.59. The maximum Gasteiger partial charge on any atom is 0.253 e. The minimum atomic E-state index is -0.303. The summed E-state index contributed by atoms with van der Waals surface area (Å²) in [5, 5.41) is 2.89. The molecule has 1 aromatic rings. The van der Waals surface area contributed by atoms with Gasteiger partial charge in [-0.15, -0.1) is 0 Å². The van der Waals surface area contributed by atoms with Crippen LogP contribution in [-0.4, -0.2) is 67.6 Å². The normalized spacial score (nSPS) is 21.7. The van der Waals surface area contributed by atoms with Crippen LogP contribution < -0.4 is 5.32 Å². The molecular formula is C18H25N3O3. The zero-order chi connectivity index (χ0) is 16.9. The molecule has 24 heavy (non-hydrogen) atoms.